The number of carbonyl (C=O) groups is 1. The van der Waals surface area contributed by atoms with E-state index in [0.29, 0.717) is 11.8 Å². The maximum absolute atomic E-state index is 12.0. The van der Waals surface area contributed by atoms with Crippen molar-refractivity contribution in [3.63, 3.8) is 0 Å². The van der Waals surface area contributed by atoms with Gasteiger partial charge in [0.25, 0.3) is 6.01 Å². The minimum atomic E-state index is -1.18. The van der Waals surface area contributed by atoms with Gasteiger partial charge in [-0.25, -0.2) is 9.78 Å². The number of fused-ring (bicyclic) bond motifs is 1. The van der Waals surface area contributed by atoms with Crippen LogP contribution in [0.15, 0.2) is 97.3 Å². The fraction of sp³-hybridized carbons (Fsp3) is 0.172. The number of allylic oxidation sites excluding steroid dienone is 1. The summed E-state index contributed by atoms with van der Waals surface area (Å²) in [5.74, 6) is -0.507. The second-order valence-electron chi connectivity index (χ2n) is 8.36. The van der Waals surface area contributed by atoms with Crippen LogP contribution in [0.3, 0.4) is 0 Å². The zero-order valence-corrected chi connectivity index (χ0v) is 19.2. The molecule has 1 unspecified atom stereocenters. The van der Waals surface area contributed by atoms with Crippen molar-refractivity contribution in [1.82, 2.24) is 9.55 Å². The quantitative estimate of drug-likeness (QED) is 0.358. The molecule has 6 nitrogen and oxygen atoms in total. The molecule has 1 aliphatic carbocycles. The van der Waals surface area contributed by atoms with Crippen LogP contribution in [0.4, 0.5) is 0 Å². The van der Waals surface area contributed by atoms with Gasteiger partial charge < -0.3 is 14.6 Å². The zero-order valence-electron chi connectivity index (χ0n) is 19.2. The smallest absolute Gasteiger partial charge is 0.348 e. The van der Waals surface area contributed by atoms with Crippen molar-refractivity contribution in [2.45, 2.75) is 25.0 Å². The number of aliphatic carboxylic acids is 1. The number of rotatable bonds is 9. The van der Waals surface area contributed by atoms with Gasteiger partial charge in [0, 0.05) is 18.0 Å². The number of hydrogen-bond donors (Lipinski definition) is 1. The lowest BCUT2D eigenvalue weighted by molar-refractivity contribution is -0.146. The van der Waals surface area contributed by atoms with Crippen molar-refractivity contribution in [2.24, 2.45) is 0 Å². The predicted octanol–water partition coefficient (Wildman–Crippen LogP) is 5.39. The van der Waals surface area contributed by atoms with E-state index in [1.165, 1.54) is 0 Å². The molecule has 1 aliphatic rings. The van der Waals surface area contributed by atoms with Crippen molar-refractivity contribution in [3.05, 3.63) is 120 Å². The molecule has 0 radical (unpaired) electrons. The Hall–Kier alpha value is -4.32. The summed E-state index contributed by atoms with van der Waals surface area (Å²) >= 11 is 0. The van der Waals surface area contributed by atoms with Crippen LogP contribution in [0, 0.1) is 0 Å². The lowest BCUT2D eigenvalue weighted by atomic mass is 9.96. The van der Waals surface area contributed by atoms with E-state index in [0.717, 1.165) is 35.1 Å². The van der Waals surface area contributed by atoms with Gasteiger partial charge in [0.2, 0.25) is 6.10 Å². The van der Waals surface area contributed by atoms with Gasteiger partial charge in [0.05, 0.1) is 6.04 Å². The Kier molecular flexibility index (Phi) is 6.61. The Morgan fingerprint density at radius 1 is 0.971 bits per heavy atom. The molecule has 5 rings (SSSR count). The van der Waals surface area contributed by atoms with Crippen LogP contribution in [0.1, 0.15) is 34.7 Å². The summed E-state index contributed by atoms with van der Waals surface area (Å²) in [5.41, 5.74) is 4.21. The highest BCUT2D eigenvalue weighted by atomic mass is 16.6. The summed E-state index contributed by atoms with van der Waals surface area (Å²) in [6, 6.07) is 26.0. The number of hydrogen-bond acceptors (Lipinski definition) is 4. The minimum absolute atomic E-state index is 0.174. The van der Waals surface area contributed by atoms with Crippen LogP contribution in [0.25, 0.3) is 6.08 Å². The summed E-state index contributed by atoms with van der Waals surface area (Å²) < 4.78 is 13.8. The number of carboxylic acids is 1. The molecule has 6 heteroatoms. The van der Waals surface area contributed by atoms with Crippen molar-refractivity contribution < 1.29 is 19.4 Å². The van der Waals surface area contributed by atoms with E-state index < -0.39 is 12.1 Å². The number of nitrogens with zero attached hydrogens (tertiary/aromatic N) is 2. The van der Waals surface area contributed by atoms with E-state index in [-0.39, 0.29) is 12.6 Å². The van der Waals surface area contributed by atoms with Crippen LogP contribution < -0.4 is 9.47 Å². The molecule has 0 fully saturated rings. The third-order valence-electron chi connectivity index (χ3n) is 6.08. The first-order valence-electron chi connectivity index (χ1n) is 11.6. The average Bonchev–Trinajstić information content (AvgIpc) is 3.36. The molecule has 0 spiro atoms. The molecule has 1 heterocycles. The van der Waals surface area contributed by atoms with Gasteiger partial charge in [0.1, 0.15) is 12.4 Å². The van der Waals surface area contributed by atoms with Gasteiger partial charge in [-0.2, -0.15) is 0 Å². The SMILES string of the molecule is O=C(O)C(COc1nccn1C(c1ccccc1)c1ccccc1)Oc1cccc2c1CCC=C2. The van der Waals surface area contributed by atoms with Crippen LogP contribution >= 0.6 is 0 Å². The minimum Gasteiger partial charge on any atom is -0.478 e. The maximum atomic E-state index is 12.0. The summed E-state index contributed by atoms with van der Waals surface area (Å²) in [5, 5.41) is 9.86. The normalized spacial score (nSPS) is 13.3. The highest BCUT2D eigenvalue weighted by Gasteiger charge is 2.25. The van der Waals surface area contributed by atoms with Crippen molar-refractivity contribution in [2.75, 3.05) is 6.61 Å². The summed E-state index contributed by atoms with van der Waals surface area (Å²) in [4.78, 5) is 16.4. The molecule has 0 aliphatic heterocycles. The van der Waals surface area contributed by atoms with Crippen LogP contribution in [-0.2, 0) is 11.2 Å². The second kappa shape index (κ2) is 10.3. The highest BCUT2D eigenvalue weighted by molar-refractivity contribution is 5.73. The molecule has 176 valence electrons. The molecule has 1 atom stereocenters. The molecular weight excluding hydrogens is 440 g/mol. The van der Waals surface area contributed by atoms with Crippen molar-refractivity contribution in [3.8, 4) is 11.8 Å². The summed E-state index contributed by atoms with van der Waals surface area (Å²) in [7, 11) is 0. The number of benzene rings is 3. The topological polar surface area (TPSA) is 73.6 Å². The predicted molar refractivity (Wildman–Crippen MR) is 134 cm³/mol. The lowest BCUT2D eigenvalue weighted by Gasteiger charge is -2.23. The molecule has 0 bridgehead atoms. The van der Waals surface area contributed by atoms with Crippen molar-refractivity contribution >= 4 is 12.0 Å². The summed E-state index contributed by atoms with van der Waals surface area (Å²) in [6.07, 6.45) is 8.20. The van der Waals surface area contributed by atoms with E-state index in [4.69, 9.17) is 9.47 Å². The molecule has 4 aromatic rings. The van der Waals surface area contributed by atoms with Gasteiger partial charge in [-0.3, -0.25) is 4.57 Å². The Morgan fingerprint density at radius 3 is 2.37 bits per heavy atom. The van der Waals surface area contributed by atoms with E-state index in [9.17, 15) is 9.90 Å². The first kappa shape index (κ1) is 22.5. The van der Waals surface area contributed by atoms with E-state index in [1.807, 2.05) is 71.4 Å². The van der Waals surface area contributed by atoms with Gasteiger partial charge in [-0.1, -0.05) is 84.9 Å². The number of imidazole rings is 1. The summed E-state index contributed by atoms with van der Waals surface area (Å²) in [6.45, 7) is -0.178. The van der Waals surface area contributed by atoms with Crippen LogP contribution in [-0.4, -0.2) is 33.3 Å². The Labute approximate surface area is 204 Å². The lowest BCUT2D eigenvalue weighted by Crippen LogP contribution is -2.34. The Balaban J connectivity index is 1.39. The molecule has 0 saturated heterocycles. The van der Waals surface area contributed by atoms with Gasteiger partial charge in [-0.15, -0.1) is 0 Å². The number of carboxylic acid groups (broad SMARTS) is 1. The second-order valence-corrected chi connectivity index (χ2v) is 8.36. The molecule has 1 aromatic heterocycles. The first-order chi connectivity index (χ1) is 17.2. The average molecular weight is 467 g/mol. The molecule has 1 N–H and O–H groups in total. The van der Waals surface area contributed by atoms with Gasteiger partial charge >= 0.3 is 5.97 Å². The maximum Gasteiger partial charge on any atom is 0.348 e. The molecule has 3 aromatic carbocycles. The van der Waals surface area contributed by atoms with Crippen LogP contribution in [0.2, 0.25) is 0 Å². The standard InChI is InChI=1S/C29H26N2O4/c32-28(33)26(35-25-17-9-15-21-10-7-8-16-24(21)25)20-34-29-30-18-19-31(29)27(22-11-3-1-4-12-22)23-13-5-2-6-14-23/h1-7,9-15,17-19,26-27H,8,16,20H2,(H,32,33). The van der Waals surface area contributed by atoms with Crippen LogP contribution in [0.5, 0.6) is 11.8 Å². The molecule has 0 amide bonds. The molecule has 35 heavy (non-hydrogen) atoms. The molecule has 0 saturated carbocycles. The fourth-order valence-electron chi connectivity index (χ4n) is 4.41. The van der Waals surface area contributed by atoms with Gasteiger partial charge in [-0.05, 0) is 35.6 Å². The molecular formula is C29H26N2O4. The zero-order chi connectivity index (χ0) is 24.0. The Bertz CT molecular complexity index is 1280. The third kappa shape index (κ3) is 4.96. The largest absolute Gasteiger partial charge is 0.478 e. The fourth-order valence-corrected chi connectivity index (χ4v) is 4.41. The van der Waals surface area contributed by atoms with Gasteiger partial charge in [0.15, 0.2) is 0 Å². The number of aromatic nitrogens is 2. The van der Waals surface area contributed by atoms with E-state index in [2.05, 4.69) is 35.3 Å². The third-order valence-corrected chi connectivity index (χ3v) is 6.08. The van der Waals surface area contributed by atoms with E-state index >= 15 is 0 Å². The highest BCUT2D eigenvalue weighted by Crippen LogP contribution is 2.31. The van der Waals surface area contributed by atoms with Crippen molar-refractivity contribution in [1.29, 1.82) is 0 Å². The first-order valence-corrected chi connectivity index (χ1v) is 11.6. The monoisotopic (exact) mass is 466 g/mol. The van der Waals surface area contributed by atoms with E-state index in [1.54, 1.807) is 6.20 Å². The number of ether oxygens (including phenoxy) is 2. The Morgan fingerprint density at radius 2 is 1.69 bits per heavy atom.